The van der Waals surface area contributed by atoms with Crippen LogP contribution in [0.1, 0.15) is 44.7 Å². The summed E-state index contributed by atoms with van der Waals surface area (Å²) in [4.78, 5) is 0. The van der Waals surface area contributed by atoms with Crippen LogP contribution in [-0.4, -0.2) is 14.8 Å². The summed E-state index contributed by atoms with van der Waals surface area (Å²) < 4.78 is 2.16. The van der Waals surface area contributed by atoms with Gasteiger partial charge in [0.1, 0.15) is 0 Å². The highest BCUT2D eigenvalue weighted by Gasteiger charge is 2.20. The number of rotatable bonds is 4. The van der Waals surface area contributed by atoms with Crippen LogP contribution in [-0.2, 0) is 5.41 Å². The molecule has 3 aromatic carbocycles. The Kier molecular flexibility index (Phi) is 5.79. The molecule has 5 rings (SSSR count). The molecule has 0 radical (unpaired) electrons. The summed E-state index contributed by atoms with van der Waals surface area (Å²) in [5.74, 6) is 2.59. The van der Waals surface area contributed by atoms with Crippen molar-refractivity contribution in [3.63, 3.8) is 0 Å². The molecule has 170 valence electrons. The summed E-state index contributed by atoms with van der Waals surface area (Å²) in [6.45, 7) is 8.96. The Labute approximate surface area is 202 Å². The highest BCUT2D eigenvalue weighted by Crippen LogP contribution is 2.33. The van der Waals surface area contributed by atoms with E-state index in [0.29, 0.717) is 11.8 Å². The van der Waals surface area contributed by atoms with E-state index in [1.54, 1.807) is 0 Å². The van der Waals surface area contributed by atoms with Gasteiger partial charge in [-0.25, -0.2) is 0 Å². The highest BCUT2D eigenvalue weighted by atomic mass is 15.3. The Morgan fingerprint density at radius 3 is 1.79 bits per heavy atom. The van der Waals surface area contributed by atoms with Gasteiger partial charge in [-0.05, 0) is 34.6 Å². The maximum atomic E-state index is 4.66. The molecular weight excluding hydrogens is 414 g/mol. The predicted molar refractivity (Wildman–Crippen MR) is 141 cm³/mol. The lowest BCUT2D eigenvalue weighted by molar-refractivity contribution is 0.590. The van der Waals surface area contributed by atoms with Crippen molar-refractivity contribution in [1.29, 1.82) is 0 Å². The maximum absolute atomic E-state index is 4.66. The van der Waals surface area contributed by atoms with E-state index in [2.05, 4.69) is 140 Å². The summed E-state index contributed by atoms with van der Waals surface area (Å²) in [5, 5.41) is 9.30. The van der Waals surface area contributed by atoms with Gasteiger partial charge in [0.05, 0.1) is 0 Å². The first-order valence-corrected chi connectivity index (χ1v) is 12.0. The van der Waals surface area contributed by atoms with Crippen LogP contribution < -0.4 is 0 Å². The van der Waals surface area contributed by atoms with E-state index < -0.39 is 0 Å². The van der Waals surface area contributed by atoms with E-state index in [4.69, 9.17) is 0 Å². The van der Waals surface area contributed by atoms with Crippen molar-refractivity contribution in [3.05, 3.63) is 114 Å². The van der Waals surface area contributed by atoms with E-state index in [1.807, 2.05) is 6.07 Å². The third-order valence-electron chi connectivity index (χ3n) is 6.65. The van der Waals surface area contributed by atoms with Crippen molar-refractivity contribution in [2.75, 3.05) is 0 Å². The molecule has 1 aromatic heterocycles. The summed E-state index contributed by atoms with van der Waals surface area (Å²) in [5.41, 5.74) is 5.90. The maximum Gasteiger partial charge on any atom is 0.168 e. The lowest BCUT2D eigenvalue weighted by atomic mass is 9.84. The van der Waals surface area contributed by atoms with E-state index in [0.717, 1.165) is 28.5 Å². The molecule has 1 aliphatic carbocycles. The Bertz CT molecular complexity index is 1320. The lowest BCUT2D eigenvalue weighted by Gasteiger charge is -2.21. The fourth-order valence-corrected chi connectivity index (χ4v) is 4.59. The topological polar surface area (TPSA) is 30.7 Å². The van der Waals surface area contributed by atoms with Crippen LogP contribution in [0.4, 0.5) is 0 Å². The second-order valence-corrected chi connectivity index (χ2v) is 10.1. The number of nitrogens with zero attached hydrogens (tertiary/aromatic N) is 3. The molecule has 0 saturated heterocycles. The van der Waals surface area contributed by atoms with E-state index >= 15 is 0 Å². The number of hydrogen-bond donors (Lipinski definition) is 0. The number of hydrogen-bond acceptors (Lipinski definition) is 2. The minimum Gasteiger partial charge on any atom is -0.275 e. The SMILES string of the molecule is CC1C=CC=CC1c1ccc(-c2nnc(-c3ccc(C(C)(C)C)cc3)n2-c2ccccc2)cc1. The average Bonchev–Trinajstić information content (AvgIpc) is 3.30. The number of allylic oxidation sites excluding steroid dienone is 4. The van der Waals surface area contributed by atoms with Crippen LogP contribution in [0.5, 0.6) is 0 Å². The molecule has 0 saturated carbocycles. The summed E-state index contributed by atoms with van der Waals surface area (Å²) >= 11 is 0. The molecule has 34 heavy (non-hydrogen) atoms. The first kappa shape index (κ1) is 22.1. The fourth-order valence-electron chi connectivity index (χ4n) is 4.59. The Balaban J connectivity index is 1.57. The molecule has 1 aliphatic rings. The van der Waals surface area contributed by atoms with Crippen molar-refractivity contribution in [3.8, 4) is 28.5 Å². The van der Waals surface area contributed by atoms with Gasteiger partial charge in [-0.15, -0.1) is 10.2 Å². The minimum absolute atomic E-state index is 0.110. The molecular formula is C31H31N3. The Morgan fingerprint density at radius 1 is 0.676 bits per heavy atom. The number of aromatic nitrogens is 3. The van der Waals surface area contributed by atoms with Crippen molar-refractivity contribution in [2.24, 2.45) is 5.92 Å². The minimum atomic E-state index is 0.110. The van der Waals surface area contributed by atoms with Gasteiger partial charge in [0, 0.05) is 22.7 Å². The van der Waals surface area contributed by atoms with E-state index in [1.165, 1.54) is 11.1 Å². The van der Waals surface area contributed by atoms with Gasteiger partial charge < -0.3 is 0 Å². The molecule has 0 N–H and O–H groups in total. The molecule has 0 aliphatic heterocycles. The van der Waals surface area contributed by atoms with E-state index in [9.17, 15) is 0 Å². The summed E-state index contributed by atoms with van der Waals surface area (Å²) in [6.07, 6.45) is 8.82. The molecule has 3 heteroatoms. The summed E-state index contributed by atoms with van der Waals surface area (Å²) in [6, 6.07) is 27.8. The quantitative estimate of drug-likeness (QED) is 0.321. The Morgan fingerprint density at radius 2 is 1.24 bits per heavy atom. The average molecular weight is 446 g/mol. The first-order chi connectivity index (χ1) is 16.4. The van der Waals surface area contributed by atoms with Crippen LogP contribution in [0.2, 0.25) is 0 Å². The van der Waals surface area contributed by atoms with Gasteiger partial charge in [0.15, 0.2) is 11.6 Å². The fraction of sp³-hybridized carbons (Fsp3) is 0.226. The normalized spacial score (nSPS) is 17.8. The highest BCUT2D eigenvalue weighted by molar-refractivity contribution is 5.67. The molecule has 1 heterocycles. The van der Waals surface area contributed by atoms with Gasteiger partial charge >= 0.3 is 0 Å². The zero-order valence-corrected chi connectivity index (χ0v) is 20.3. The van der Waals surface area contributed by atoms with Crippen molar-refractivity contribution in [1.82, 2.24) is 14.8 Å². The zero-order valence-electron chi connectivity index (χ0n) is 20.3. The van der Waals surface area contributed by atoms with Gasteiger partial charge in [-0.2, -0.15) is 0 Å². The number of benzene rings is 3. The zero-order chi connectivity index (χ0) is 23.7. The van der Waals surface area contributed by atoms with Crippen LogP contribution in [0.25, 0.3) is 28.5 Å². The summed E-state index contributed by atoms with van der Waals surface area (Å²) in [7, 11) is 0. The monoisotopic (exact) mass is 445 g/mol. The second kappa shape index (κ2) is 8.90. The van der Waals surface area contributed by atoms with Crippen molar-refractivity contribution < 1.29 is 0 Å². The first-order valence-electron chi connectivity index (χ1n) is 12.0. The van der Waals surface area contributed by atoms with Gasteiger partial charge in [0.25, 0.3) is 0 Å². The molecule has 0 bridgehead atoms. The molecule has 0 amide bonds. The lowest BCUT2D eigenvalue weighted by Crippen LogP contribution is -2.10. The van der Waals surface area contributed by atoms with Gasteiger partial charge in [-0.3, -0.25) is 4.57 Å². The molecule has 0 spiro atoms. The third-order valence-corrected chi connectivity index (χ3v) is 6.65. The van der Waals surface area contributed by atoms with Crippen LogP contribution >= 0.6 is 0 Å². The molecule has 2 atom stereocenters. The van der Waals surface area contributed by atoms with Crippen molar-refractivity contribution >= 4 is 0 Å². The third kappa shape index (κ3) is 4.26. The standard InChI is InChI=1S/C31H31N3/c1-22-10-8-9-13-28(22)23-14-16-24(17-15-23)29-32-33-30(34(29)27-11-6-5-7-12-27)25-18-20-26(21-19-25)31(2,3)4/h5-22,28H,1-4H3. The van der Waals surface area contributed by atoms with Gasteiger partial charge in [-0.1, -0.05) is 119 Å². The van der Waals surface area contributed by atoms with Gasteiger partial charge in [0.2, 0.25) is 0 Å². The molecule has 2 unspecified atom stereocenters. The van der Waals surface area contributed by atoms with Crippen LogP contribution in [0, 0.1) is 5.92 Å². The predicted octanol–water partition coefficient (Wildman–Crippen LogP) is 7.74. The van der Waals surface area contributed by atoms with Crippen LogP contribution in [0.3, 0.4) is 0 Å². The van der Waals surface area contributed by atoms with Crippen molar-refractivity contribution in [2.45, 2.75) is 39.0 Å². The molecule has 3 nitrogen and oxygen atoms in total. The molecule has 4 aromatic rings. The molecule has 0 fully saturated rings. The Hall–Kier alpha value is -3.72. The van der Waals surface area contributed by atoms with Crippen LogP contribution in [0.15, 0.2) is 103 Å². The largest absolute Gasteiger partial charge is 0.275 e. The van der Waals surface area contributed by atoms with E-state index in [-0.39, 0.29) is 5.41 Å². The smallest absolute Gasteiger partial charge is 0.168 e. The second-order valence-electron chi connectivity index (χ2n) is 10.1. The number of para-hydroxylation sites is 1.